The molecule has 3 heteroatoms. The van der Waals surface area contributed by atoms with Crippen molar-refractivity contribution >= 4 is 22.6 Å². The minimum atomic E-state index is -0.907. The van der Waals surface area contributed by atoms with Gasteiger partial charge in [0, 0.05) is 11.0 Å². The number of Topliss-reactive ketones (excluding diaryl/α,β-unsaturated/α-hetero) is 1. The van der Waals surface area contributed by atoms with Crippen LogP contribution in [0.2, 0.25) is 0 Å². The van der Waals surface area contributed by atoms with Gasteiger partial charge in [0.05, 0.1) is 0 Å². The molecule has 0 N–H and O–H groups in total. The monoisotopic (exact) mass is 328 g/mol. The van der Waals surface area contributed by atoms with Crippen LogP contribution >= 0.6 is 11.6 Å². The lowest BCUT2D eigenvalue weighted by Crippen LogP contribution is -2.13. The van der Waals surface area contributed by atoms with Crippen molar-refractivity contribution in [1.29, 1.82) is 0 Å². The Labute approximate surface area is 142 Å². The van der Waals surface area contributed by atoms with Crippen LogP contribution in [-0.4, -0.2) is 11.0 Å². The Balaban J connectivity index is 1.87. The minimum absolute atomic E-state index is 0.249. The highest BCUT2D eigenvalue weighted by molar-refractivity contribution is 6.83. The van der Waals surface area contributed by atoms with Crippen LogP contribution in [0, 0.1) is 5.41 Å². The number of ketones is 1. The molecule has 2 aliphatic rings. The van der Waals surface area contributed by atoms with Crippen molar-refractivity contribution in [1.82, 2.24) is 0 Å². The second kappa shape index (κ2) is 6.09. The third kappa shape index (κ3) is 3.05. The molecular weight excluding hydrogens is 308 g/mol. The zero-order valence-electron chi connectivity index (χ0n) is 13.6. The van der Waals surface area contributed by atoms with Crippen molar-refractivity contribution in [2.24, 2.45) is 5.41 Å². The molecule has 23 heavy (non-hydrogen) atoms. The number of hydrogen-bond acceptors (Lipinski definition) is 2. The summed E-state index contributed by atoms with van der Waals surface area (Å²) in [6.45, 7) is 4.17. The zero-order chi connectivity index (χ0) is 16.6. The van der Waals surface area contributed by atoms with E-state index in [4.69, 9.17) is 11.6 Å². The molecule has 120 valence electrons. The van der Waals surface area contributed by atoms with E-state index in [-0.39, 0.29) is 5.41 Å². The lowest BCUT2D eigenvalue weighted by Gasteiger charge is -2.20. The molecule has 0 radical (unpaired) electrons. The third-order valence-corrected chi connectivity index (χ3v) is 5.32. The molecule has 0 spiro atoms. The fraction of sp³-hybridized carbons (Fsp3) is 0.400. The maximum Gasteiger partial charge on any atom is 0.293 e. The number of halogens is 1. The SMILES string of the molecule is CCC1=CC=C2CC2(Cc2ccc(CC)c(C(=O)C(=O)Cl)c2)C1. The van der Waals surface area contributed by atoms with Crippen molar-refractivity contribution in [3.63, 3.8) is 0 Å². The maximum atomic E-state index is 12.1. The smallest absolute Gasteiger partial charge is 0.284 e. The average molecular weight is 329 g/mol. The van der Waals surface area contributed by atoms with Crippen molar-refractivity contribution < 1.29 is 9.59 Å². The Morgan fingerprint density at radius 2 is 1.91 bits per heavy atom. The number of aryl methyl sites for hydroxylation is 1. The first kappa shape index (κ1) is 16.2. The number of benzene rings is 1. The first-order valence-corrected chi connectivity index (χ1v) is 8.62. The van der Waals surface area contributed by atoms with Crippen LogP contribution in [-0.2, 0) is 17.6 Å². The molecule has 3 rings (SSSR count). The standard InChI is InChI=1S/C20H21ClO2/c1-3-13-6-8-16-12-20(16,10-13)11-14-5-7-15(4-2)17(9-14)18(22)19(21)23/h5-9H,3-4,10-12H2,1-2H3. The summed E-state index contributed by atoms with van der Waals surface area (Å²) in [6.07, 6.45) is 9.49. The molecule has 0 aromatic heterocycles. The lowest BCUT2D eigenvalue weighted by atomic mass is 9.84. The Morgan fingerprint density at radius 3 is 2.57 bits per heavy atom. The van der Waals surface area contributed by atoms with E-state index in [0.29, 0.717) is 12.0 Å². The molecule has 1 atom stereocenters. The molecule has 0 amide bonds. The minimum Gasteiger partial charge on any atom is -0.284 e. The van der Waals surface area contributed by atoms with Gasteiger partial charge in [0.15, 0.2) is 0 Å². The fourth-order valence-corrected chi connectivity index (χ4v) is 3.78. The molecule has 1 fully saturated rings. The van der Waals surface area contributed by atoms with E-state index in [0.717, 1.165) is 36.8 Å². The van der Waals surface area contributed by atoms with E-state index >= 15 is 0 Å². The number of fused-ring (bicyclic) bond motifs is 1. The second-order valence-electron chi connectivity index (χ2n) is 6.63. The van der Waals surface area contributed by atoms with Gasteiger partial charge in [0.25, 0.3) is 5.24 Å². The summed E-state index contributed by atoms with van der Waals surface area (Å²) in [5, 5.41) is -0.907. The summed E-state index contributed by atoms with van der Waals surface area (Å²) >= 11 is 5.40. The summed E-state index contributed by atoms with van der Waals surface area (Å²) in [5.74, 6) is -0.591. The third-order valence-electron chi connectivity index (χ3n) is 5.15. The Morgan fingerprint density at radius 1 is 1.13 bits per heavy atom. The number of hydrogen-bond donors (Lipinski definition) is 0. The molecular formula is C20H21ClO2. The van der Waals surface area contributed by atoms with Gasteiger partial charge in [-0.05, 0) is 60.9 Å². The van der Waals surface area contributed by atoms with Crippen molar-refractivity contribution in [2.75, 3.05) is 0 Å². The van der Waals surface area contributed by atoms with E-state index in [2.05, 4.69) is 25.1 Å². The van der Waals surface area contributed by atoms with Crippen LogP contribution in [0.15, 0.2) is 41.5 Å². The summed E-state index contributed by atoms with van der Waals surface area (Å²) in [4.78, 5) is 23.3. The molecule has 0 aliphatic heterocycles. The quantitative estimate of drug-likeness (QED) is 0.427. The summed E-state index contributed by atoms with van der Waals surface area (Å²) < 4.78 is 0. The van der Waals surface area contributed by atoms with Crippen LogP contribution in [0.25, 0.3) is 0 Å². The molecule has 1 saturated carbocycles. The Hall–Kier alpha value is -1.67. The predicted molar refractivity (Wildman–Crippen MR) is 92.8 cm³/mol. The normalized spacial score (nSPS) is 22.0. The van der Waals surface area contributed by atoms with Crippen molar-refractivity contribution in [3.05, 3.63) is 58.2 Å². The fourth-order valence-electron chi connectivity index (χ4n) is 3.68. The Kier molecular flexibility index (Phi) is 4.29. The number of carbonyl (C=O) groups is 2. The first-order valence-electron chi connectivity index (χ1n) is 8.24. The van der Waals surface area contributed by atoms with Gasteiger partial charge in [-0.15, -0.1) is 0 Å². The lowest BCUT2D eigenvalue weighted by molar-refractivity contribution is -0.108. The van der Waals surface area contributed by atoms with E-state index in [1.54, 1.807) is 0 Å². The highest BCUT2D eigenvalue weighted by Gasteiger charge is 2.49. The summed E-state index contributed by atoms with van der Waals surface area (Å²) in [5.41, 5.74) is 5.71. The zero-order valence-corrected chi connectivity index (χ0v) is 14.4. The van der Waals surface area contributed by atoms with E-state index in [9.17, 15) is 9.59 Å². The molecule has 2 nitrogen and oxygen atoms in total. The van der Waals surface area contributed by atoms with Gasteiger partial charge < -0.3 is 0 Å². The molecule has 0 bridgehead atoms. The molecule has 0 saturated heterocycles. The van der Waals surface area contributed by atoms with Gasteiger partial charge in [-0.1, -0.05) is 49.3 Å². The van der Waals surface area contributed by atoms with E-state index in [1.165, 1.54) is 11.1 Å². The van der Waals surface area contributed by atoms with Gasteiger partial charge in [-0.2, -0.15) is 0 Å². The number of carbonyl (C=O) groups excluding carboxylic acids is 2. The summed E-state index contributed by atoms with van der Waals surface area (Å²) in [7, 11) is 0. The highest BCUT2D eigenvalue weighted by Crippen LogP contribution is 2.60. The largest absolute Gasteiger partial charge is 0.293 e. The second-order valence-corrected chi connectivity index (χ2v) is 6.97. The molecule has 0 heterocycles. The number of allylic oxidation sites excluding steroid dienone is 4. The van der Waals surface area contributed by atoms with Gasteiger partial charge in [0.1, 0.15) is 0 Å². The first-order chi connectivity index (χ1) is 11.0. The van der Waals surface area contributed by atoms with Crippen LogP contribution < -0.4 is 0 Å². The van der Waals surface area contributed by atoms with Gasteiger partial charge in [-0.3, -0.25) is 9.59 Å². The molecule has 1 aromatic rings. The van der Waals surface area contributed by atoms with Gasteiger partial charge in [-0.25, -0.2) is 0 Å². The average Bonchev–Trinajstić information content (AvgIpc) is 3.26. The predicted octanol–water partition coefficient (Wildman–Crippen LogP) is 4.80. The van der Waals surface area contributed by atoms with E-state index < -0.39 is 11.0 Å². The molecule has 2 aliphatic carbocycles. The maximum absolute atomic E-state index is 12.1. The van der Waals surface area contributed by atoms with Crippen LogP contribution in [0.1, 0.15) is 54.6 Å². The van der Waals surface area contributed by atoms with Crippen LogP contribution in [0.5, 0.6) is 0 Å². The van der Waals surface area contributed by atoms with Crippen molar-refractivity contribution in [2.45, 2.75) is 46.0 Å². The molecule has 1 aromatic carbocycles. The Bertz CT molecular complexity index is 742. The number of rotatable bonds is 6. The van der Waals surface area contributed by atoms with Crippen molar-refractivity contribution in [3.8, 4) is 0 Å². The van der Waals surface area contributed by atoms with Crippen LogP contribution in [0.3, 0.4) is 0 Å². The van der Waals surface area contributed by atoms with Gasteiger partial charge >= 0.3 is 0 Å². The summed E-state index contributed by atoms with van der Waals surface area (Å²) in [6, 6.07) is 5.92. The highest BCUT2D eigenvalue weighted by atomic mass is 35.5. The topological polar surface area (TPSA) is 34.1 Å². The van der Waals surface area contributed by atoms with Crippen LogP contribution in [0.4, 0.5) is 0 Å². The van der Waals surface area contributed by atoms with E-state index in [1.807, 2.05) is 19.1 Å². The van der Waals surface area contributed by atoms with Gasteiger partial charge in [0.2, 0.25) is 5.78 Å². The molecule has 1 unspecified atom stereocenters.